The van der Waals surface area contributed by atoms with Crippen LogP contribution in [0.1, 0.15) is 33.3 Å². The molecule has 0 saturated carbocycles. The molecule has 0 spiro atoms. The molecule has 0 aliphatic carbocycles. The van der Waals surface area contributed by atoms with Gasteiger partial charge in [0.15, 0.2) is 5.69 Å². The third-order valence-electron chi connectivity index (χ3n) is 4.16. The van der Waals surface area contributed by atoms with Crippen LogP contribution in [-0.2, 0) is 19.9 Å². The van der Waals surface area contributed by atoms with Crippen molar-refractivity contribution in [3.63, 3.8) is 0 Å². The summed E-state index contributed by atoms with van der Waals surface area (Å²) in [5, 5.41) is 10.3. The third kappa shape index (κ3) is 2.30. The van der Waals surface area contributed by atoms with Crippen molar-refractivity contribution < 1.29 is 4.79 Å². The molecule has 8 heteroatoms. The molecule has 1 aliphatic heterocycles. The van der Waals surface area contributed by atoms with Gasteiger partial charge in [0, 0.05) is 32.1 Å². The van der Waals surface area contributed by atoms with Crippen molar-refractivity contribution in [1.82, 2.24) is 29.9 Å². The minimum Gasteiger partial charge on any atom is -0.336 e. The summed E-state index contributed by atoms with van der Waals surface area (Å²) in [7, 11) is 1.72. The number of H-pyrrole nitrogens is 1. The van der Waals surface area contributed by atoms with E-state index in [1.807, 2.05) is 6.92 Å². The van der Waals surface area contributed by atoms with Crippen LogP contribution in [-0.4, -0.2) is 48.9 Å². The number of hydrogen-bond donors (Lipinski definition) is 1. The highest BCUT2D eigenvalue weighted by Gasteiger charge is 2.25. The monoisotopic (exact) mass is 302 g/mol. The molecule has 1 amide bonds. The Morgan fingerprint density at radius 2 is 1.91 bits per heavy atom. The van der Waals surface area contributed by atoms with Gasteiger partial charge >= 0.3 is 0 Å². The number of nitrogens with zero attached hydrogens (tertiary/aromatic N) is 5. The molecule has 0 saturated heterocycles. The molecule has 2 aromatic heterocycles. The lowest BCUT2D eigenvalue weighted by Gasteiger charge is -2.18. The lowest BCUT2D eigenvalue weighted by Crippen LogP contribution is -2.34. The zero-order valence-corrected chi connectivity index (χ0v) is 12.9. The first-order chi connectivity index (χ1) is 10.5. The van der Waals surface area contributed by atoms with Crippen LogP contribution in [0.2, 0.25) is 0 Å². The van der Waals surface area contributed by atoms with Crippen molar-refractivity contribution >= 4 is 5.91 Å². The molecule has 3 rings (SSSR count). The van der Waals surface area contributed by atoms with Crippen molar-refractivity contribution in [3.05, 3.63) is 38.8 Å². The highest BCUT2D eigenvalue weighted by molar-refractivity contribution is 5.93. The zero-order chi connectivity index (χ0) is 15.9. The molecule has 116 valence electrons. The van der Waals surface area contributed by atoms with Crippen LogP contribution < -0.4 is 5.56 Å². The number of aromatic amines is 1. The summed E-state index contributed by atoms with van der Waals surface area (Å²) in [6.07, 6.45) is 1.09. The van der Waals surface area contributed by atoms with E-state index in [2.05, 4.69) is 20.4 Å². The number of aryl methyl sites for hydroxylation is 2. The fourth-order valence-electron chi connectivity index (χ4n) is 2.71. The fourth-order valence-corrected chi connectivity index (χ4v) is 2.71. The molecule has 0 atom stereocenters. The second-order valence-electron chi connectivity index (χ2n) is 5.50. The summed E-state index contributed by atoms with van der Waals surface area (Å²) >= 11 is 0. The van der Waals surface area contributed by atoms with Crippen LogP contribution >= 0.6 is 0 Å². The Kier molecular flexibility index (Phi) is 3.51. The van der Waals surface area contributed by atoms with Crippen LogP contribution in [0.15, 0.2) is 4.79 Å². The van der Waals surface area contributed by atoms with E-state index >= 15 is 0 Å². The minimum atomic E-state index is -0.160. The Balaban J connectivity index is 1.88. The quantitative estimate of drug-likeness (QED) is 0.784. The Labute approximate surface area is 127 Å². The van der Waals surface area contributed by atoms with Crippen LogP contribution in [0.3, 0.4) is 0 Å². The number of hydrogen-bond acceptors (Lipinski definition) is 5. The average Bonchev–Trinajstić information content (AvgIpc) is 2.80. The normalized spacial score (nSPS) is 14.6. The van der Waals surface area contributed by atoms with Gasteiger partial charge in [0.25, 0.3) is 11.5 Å². The summed E-state index contributed by atoms with van der Waals surface area (Å²) in [4.78, 5) is 31.1. The Morgan fingerprint density at radius 3 is 2.59 bits per heavy atom. The second kappa shape index (κ2) is 5.36. The first-order valence-electron chi connectivity index (χ1n) is 7.21. The van der Waals surface area contributed by atoms with Gasteiger partial charge < -0.3 is 4.90 Å². The molecule has 2 aromatic rings. The van der Waals surface area contributed by atoms with E-state index in [0.717, 1.165) is 5.69 Å². The summed E-state index contributed by atoms with van der Waals surface area (Å²) in [5.74, 6) is 0.531. The number of nitrogens with one attached hydrogen (secondary N) is 1. The zero-order valence-electron chi connectivity index (χ0n) is 12.9. The predicted octanol–water partition coefficient (Wildman–Crippen LogP) is -0.244. The Bertz CT molecular complexity index is 791. The van der Waals surface area contributed by atoms with Gasteiger partial charge in [-0.15, -0.1) is 0 Å². The third-order valence-corrected chi connectivity index (χ3v) is 4.16. The smallest absolute Gasteiger partial charge is 0.276 e. The van der Waals surface area contributed by atoms with Gasteiger partial charge in [0.2, 0.25) is 0 Å². The van der Waals surface area contributed by atoms with E-state index in [1.54, 1.807) is 23.4 Å². The maximum Gasteiger partial charge on any atom is 0.276 e. The van der Waals surface area contributed by atoms with Gasteiger partial charge in [0.1, 0.15) is 5.82 Å². The molecule has 0 radical (unpaired) electrons. The predicted molar refractivity (Wildman–Crippen MR) is 78.6 cm³/mol. The van der Waals surface area contributed by atoms with Gasteiger partial charge in [-0.05, 0) is 20.3 Å². The molecule has 0 bridgehead atoms. The highest BCUT2D eigenvalue weighted by atomic mass is 16.2. The lowest BCUT2D eigenvalue weighted by molar-refractivity contribution is 0.0756. The van der Waals surface area contributed by atoms with E-state index in [9.17, 15) is 9.59 Å². The Morgan fingerprint density at radius 1 is 1.18 bits per heavy atom. The van der Waals surface area contributed by atoms with Crippen LogP contribution in [0.4, 0.5) is 0 Å². The fraction of sp³-hybridized carbons (Fsp3) is 0.500. The molecular formula is C14H18N6O2. The molecule has 1 N–H and O–H groups in total. The first kappa shape index (κ1) is 14.4. The van der Waals surface area contributed by atoms with Crippen molar-refractivity contribution in [2.75, 3.05) is 13.1 Å². The number of fused-ring (bicyclic) bond motifs is 1. The van der Waals surface area contributed by atoms with Crippen molar-refractivity contribution in [1.29, 1.82) is 0 Å². The maximum atomic E-state index is 12.5. The molecule has 0 unspecified atom stereocenters. The second-order valence-corrected chi connectivity index (χ2v) is 5.50. The number of carbonyl (C=O) groups excluding carboxylic acids is 1. The van der Waals surface area contributed by atoms with E-state index in [1.165, 1.54) is 0 Å². The van der Waals surface area contributed by atoms with Gasteiger partial charge in [-0.1, -0.05) is 0 Å². The van der Waals surface area contributed by atoms with E-state index in [4.69, 9.17) is 0 Å². The van der Waals surface area contributed by atoms with E-state index < -0.39 is 0 Å². The molecule has 8 nitrogen and oxygen atoms in total. The maximum absolute atomic E-state index is 12.5. The van der Waals surface area contributed by atoms with Crippen molar-refractivity contribution in [2.45, 2.75) is 26.7 Å². The summed E-state index contributed by atoms with van der Waals surface area (Å²) in [6.45, 7) is 4.56. The number of amides is 1. The van der Waals surface area contributed by atoms with E-state index in [-0.39, 0.29) is 11.5 Å². The van der Waals surface area contributed by atoms with Gasteiger partial charge in [0.05, 0.1) is 11.4 Å². The number of aromatic nitrogens is 5. The van der Waals surface area contributed by atoms with Crippen molar-refractivity contribution in [2.24, 2.45) is 7.05 Å². The van der Waals surface area contributed by atoms with Gasteiger partial charge in [-0.2, -0.15) is 15.4 Å². The largest absolute Gasteiger partial charge is 0.336 e. The van der Waals surface area contributed by atoms with E-state index in [0.29, 0.717) is 48.7 Å². The summed E-state index contributed by atoms with van der Waals surface area (Å²) in [5.41, 5.74) is 2.40. The molecule has 3 heterocycles. The summed E-state index contributed by atoms with van der Waals surface area (Å²) < 4.78 is 1.55. The average molecular weight is 302 g/mol. The first-order valence-corrected chi connectivity index (χ1v) is 7.21. The number of rotatable bonds is 1. The molecule has 1 aliphatic rings. The lowest BCUT2D eigenvalue weighted by atomic mass is 10.1. The standard InChI is InChI=1S/C14H18N6O2/c1-8-12(17-18-16-8)14(22)20-6-4-10-11(5-7-20)15-9(2)19(3)13(10)21/h4-7H2,1-3H3,(H,16,17,18). The number of carbonyl (C=O) groups is 1. The van der Waals surface area contributed by atoms with Crippen LogP contribution in [0, 0.1) is 13.8 Å². The molecular weight excluding hydrogens is 284 g/mol. The van der Waals surface area contributed by atoms with Gasteiger partial charge in [-0.25, -0.2) is 4.98 Å². The molecule has 22 heavy (non-hydrogen) atoms. The van der Waals surface area contributed by atoms with Gasteiger partial charge in [-0.3, -0.25) is 14.2 Å². The molecule has 0 aromatic carbocycles. The van der Waals surface area contributed by atoms with Crippen LogP contribution in [0.5, 0.6) is 0 Å². The summed E-state index contributed by atoms with van der Waals surface area (Å²) in [6, 6.07) is 0. The Hall–Kier alpha value is -2.51. The highest BCUT2D eigenvalue weighted by Crippen LogP contribution is 2.14. The minimum absolute atomic E-state index is 0.0191. The van der Waals surface area contributed by atoms with Crippen molar-refractivity contribution in [3.8, 4) is 0 Å². The molecule has 0 fully saturated rings. The topological polar surface area (TPSA) is 96.8 Å². The SMILES string of the molecule is Cc1n[nH]nc1C(=O)N1CCc2nc(C)n(C)c(=O)c2CC1. The van der Waals surface area contributed by atoms with Crippen LogP contribution in [0.25, 0.3) is 0 Å².